The Morgan fingerprint density at radius 1 is 1.60 bits per heavy atom. The van der Waals surface area contributed by atoms with Gasteiger partial charge in [-0.15, -0.1) is 0 Å². The first-order valence-electron chi connectivity index (χ1n) is 6.95. The quantitative estimate of drug-likeness (QED) is 0.751. The molecule has 0 aliphatic heterocycles. The number of hydrogen-bond acceptors (Lipinski definition) is 3. The lowest BCUT2D eigenvalue weighted by Gasteiger charge is -2.35. The van der Waals surface area contributed by atoms with Gasteiger partial charge in [0.05, 0.1) is 16.2 Å². The summed E-state index contributed by atoms with van der Waals surface area (Å²) in [6.07, 6.45) is 3.57. The molecule has 1 fully saturated rings. The van der Waals surface area contributed by atoms with E-state index in [9.17, 15) is 9.90 Å². The number of anilines is 1. The zero-order valence-electron chi connectivity index (χ0n) is 11.7. The molecule has 0 saturated heterocycles. The Morgan fingerprint density at radius 3 is 3.05 bits per heavy atom. The fourth-order valence-corrected chi connectivity index (χ4v) is 3.05. The van der Waals surface area contributed by atoms with Gasteiger partial charge in [0.25, 0.3) is 5.91 Å². The summed E-state index contributed by atoms with van der Waals surface area (Å²) in [5.41, 5.74) is 5.69. The van der Waals surface area contributed by atoms with Gasteiger partial charge in [-0.1, -0.05) is 31.4 Å². The highest BCUT2D eigenvalue weighted by molar-refractivity contribution is 6.34. The van der Waals surface area contributed by atoms with Crippen molar-refractivity contribution in [1.82, 2.24) is 5.32 Å². The highest BCUT2D eigenvalue weighted by Gasteiger charge is 2.33. The van der Waals surface area contributed by atoms with Crippen molar-refractivity contribution in [3.05, 3.63) is 28.8 Å². The van der Waals surface area contributed by atoms with Crippen LogP contribution in [0.4, 0.5) is 5.69 Å². The van der Waals surface area contributed by atoms with Gasteiger partial charge in [-0.25, -0.2) is 0 Å². The molecule has 1 aromatic rings. The van der Waals surface area contributed by atoms with Gasteiger partial charge in [-0.3, -0.25) is 4.79 Å². The maximum Gasteiger partial charge on any atom is 0.252 e. The number of nitrogens with two attached hydrogens (primary N) is 1. The predicted octanol–water partition coefficient (Wildman–Crippen LogP) is 2.59. The Balaban J connectivity index is 1.99. The van der Waals surface area contributed by atoms with E-state index in [4.69, 9.17) is 17.3 Å². The van der Waals surface area contributed by atoms with Crippen LogP contribution in [0.5, 0.6) is 0 Å². The Bertz CT molecular complexity index is 507. The van der Waals surface area contributed by atoms with Crippen LogP contribution in [0.15, 0.2) is 18.2 Å². The lowest BCUT2D eigenvalue weighted by molar-refractivity contribution is -0.0109. The number of nitrogen functional groups attached to an aromatic ring is 1. The average Bonchev–Trinajstić information content (AvgIpc) is 2.39. The lowest BCUT2D eigenvalue weighted by Crippen LogP contribution is -2.45. The average molecular weight is 297 g/mol. The van der Waals surface area contributed by atoms with Crippen LogP contribution in [0.1, 0.15) is 43.0 Å². The molecule has 20 heavy (non-hydrogen) atoms. The Kier molecular flexibility index (Phi) is 4.55. The second kappa shape index (κ2) is 6.02. The van der Waals surface area contributed by atoms with Crippen molar-refractivity contribution in [2.45, 2.75) is 38.2 Å². The van der Waals surface area contributed by atoms with E-state index in [1.807, 2.05) is 0 Å². The summed E-state index contributed by atoms with van der Waals surface area (Å²) in [4.78, 5) is 12.1. The first kappa shape index (κ1) is 15.1. The number of carbonyl (C=O) groups is 1. The van der Waals surface area contributed by atoms with Crippen molar-refractivity contribution < 1.29 is 9.90 Å². The van der Waals surface area contributed by atoms with E-state index in [2.05, 4.69) is 12.2 Å². The zero-order chi connectivity index (χ0) is 14.8. The molecule has 1 saturated carbocycles. The number of carbonyl (C=O) groups excluding carboxylic acids is 1. The highest BCUT2D eigenvalue weighted by Crippen LogP contribution is 2.31. The molecule has 1 amide bonds. The standard InChI is InChI=1S/C15H21ClN2O2/c1-10-3-2-6-15(20,8-10)9-18-14(19)12-7-11(17)4-5-13(12)16/h4-5,7,10,20H,2-3,6,8-9,17H2,1H3,(H,18,19). The molecular formula is C15H21ClN2O2. The molecular weight excluding hydrogens is 276 g/mol. The van der Waals surface area contributed by atoms with Crippen molar-refractivity contribution in [3.8, 4) is 0 Å². The minimum Gasteiger partial charge on any atom is -0.399 e. The van der Waals surface area contributed by atoms with Crippen LogP contribution in [0, 0.1) is 5.92 Å². The smallest absolute Gasteiger partial charge is 0.252 e. The molecule has 0 radical (unpaired) electrons. The first-order valence-corrected chi connectivity index (χ1v) is 7.33. The zero-order valence-corrected chi connectivity index (χ0v) is 12.4. The summed E-state index contributed by atoms with van der Waals surface area (Å²) < 4.78 is 0. The summed E-state index contributed by atoms with van der Waals surface area (Å²) in [6.45, 7) is 2.38. The van der Waals surface area contributed by atoms with Crippen LogP contribution in [-0.4, -0.2) is 23.2 Å². The van der Waals surface area contributed by atoms with Crippen LogP contribution in [0.2, 0.25) is 5.02 Å². The SMILES string of the molecule is CC1CCCC(O)(CNC(=O)c2cc(N)ccc2Cl)C1. The molecule has 0 spiro atoms. The van der Waals surface area contributed by atoms with Crippen molar-refractivity contribution >= 4 is 23.2 Å². The largest absolute Gasteiger partial charge is 0.399 e. The molecule has 0 heterocycles. The third-order valence-electron chi connectivity index (χ3n) is 3.88. The van der Waals surface area contributed by atoms with Gasteiger partial charge in [-0.05, 0) is 37.0 Å². The Morgan fingerprint density at radius 2 is 2.35 bits per heavy atom. The minimum atomic E-state index is -0.805. The van der Waals surface area contributed by atoms with Crippen molar-refractivity contribution in [2.24, 2.45) is 5.92 Å². The number of amides is 1. The number of halogens is 1. The predicted molar refractivity (Wildman–Crippen MR) is 80.8 cm³/mol. The third-order valence-corrected chi connectivity index (χ3v) is 4.21. The molecule has 5 heteroatoms. The van der Waals surface area contributed by atoms with Gasteiger partial charge in [0, 0.05) is 12.2 Å². The number of hydrogen-bond donors (Lipinski definition) is 3. The second-order valence-corrected chi connectivity index (χ2v) is 6.26. The van der Waals surface area contributed by atoms with E-state index in [1.165, 1.54) is 0 Å². The fraction of sp³-hybridized carbons (Fsp3) is 0.533. The monoisotopic (exact) mass is 296 g/mol. The molecule has 0 aromatic heterocycles. The topological polar surface area (TPSA) is 75.3 Å². The summed E-state index contributed by atoms with van der Waals surface area (Å²) in [5.74, 6) is 0.190. The van der Waals surface area contributed by atoms with E-state index in [0.717, 1.165) is 25.7 Å². The van der Waals surface area contributed by atoms with Crippen molar-refractivity contribution in [3.63, 3.8) is 0 Å². The minimum absolute atomic E-state index is 0.251. The first-order chi connectivity index (χ1) is 9.39. The molecule has 1 aromatic carbocycles. The van der Waals surface area contributed by atoms with Crippen molar-refractivity contribution in [1.29, 1.82) is 0 Å². The van der Waals surface area contributed by atoms with Gasteiger partial charge >= 0.3 is 0 Å². The van der Waals surface area contributed by atoms with E-state index < -0.39 is 5.60 Å². The Hall–Kier alpha value is -1.26. The molecule has 2 unspecified atom stereocenters. The van der Waals surface area contributed by atoms with Crippen molar-refractivity contribution in [2.75, 3.05) is 12.3 Å². The van der Waals surface area contributed by atoms with E-state index in [0.29, 0.717) is 22.2 Å². The maximum absolute atomic E-state index is 12.1. The molecule has 2 atom stereocenters. The van der Waals surface area contributed by atoms with Crippen LogP contribution in [0.3, 0.4) is 0 Å². The molecule has 1 aliphatic rings. The molecule has 4 nitrogen and oxygen atoms in total. The lowest BCUT2D eigenvalue weighted by atomic mass is 9.79. The third kappa shape index (κ3) is 3.64. The molecule has 1 aliphatic carbocycles. The highest BCUT2D eigenvalue weighted by atomic mass is 35.5. The van der Waals surface area contributed by atoms with E-state index in [-0.39, 0.29) is 12.5 Å². The normalized spacial score (nSPS) is 26.2. The number of aliphatic hydroxyl groups is 1. The molecule has 0 bridgehead atoms. The number of benzene rings is 1. The van der Waals surface area contributed by atoms with E-state index >= 15 is 0 Å². The summed E-state index contributed by atoms with van der Waals surface area (Å²) in [6, 6.07) is 4.80. The van der Waals surface area contributed by atoms with Gasteiger partial charge in [0.2, 0.25) is 0 Å². The van der Waals surface area contributed by atoms with Gasteiger partial charge in [0.1, 0.15) is 0 Å². The molecule has 110 valence electrons. The van der Waals surface area contributed by atoms with Crippen LogP contribution >= 0.6 is 11.6 Å². The van der Waals surface area contributed by atoms with Crippen LogP contribution < -0.4 is 11.1 Å². The van der Waals surface area contributed by atoms with Gasteiger partial charge < -0.3 is 16.2 Å². The second-order valence-electron chi connectivity index (χ2n) is 5.85. The number of rotatable bonds is 3. The molecule has 2 rings (SSSR count). The van der Waals surface area contributed by atoms with Crippen LogP contribution in [0.25, 0.3) is 0 Å². The van der Waals surface area contributed by atoms with E-state index in [1.54, 1.807) is 18.2 Å². The van der Waals surface area contributed by atoms with Crippen LogP contribution in [-0.2, 0) is 0 Å². The summed E-state index contributed by atoms with van der Waals surface area (Å²) in [7, 11) is 0. The number of nitrogens with one attached hydrogen (secondary N) is 1. The fourth-order valence-electron chi connectivity index (χ4n) is 2.85. The maximum atomic E-state index is 12.1. The molecule has 4 N–H and O–H groups in total. The summed E-state index contributed by atoms with van der Waals surface area (Å²) in [5, 5.41) is 13.6. The Labute approximate surface area is 124 Å². The van der Waals surface area contributed by atoms with Gasteiger partial charge in [-0.2, -0.15) is 0 Å². The summed E-state index contributed by atoms with van der Waals surface area (Å²) >= 11 is 5.99. The van der Waals surface area contributed by atoms with Gasteiger partial charge in [0.15, 0.2) is 0 Å².